The Morgan fingerprint density at radius 1 is 1.00 bits per heavy atom. The molecule has 0 bridgehead atoms. The molecule has 1 unspecified atom stereocenters. The number of alkyl carbamates (subject to hydrolysis) is 1. The highest BCUT2D eigenvalue weighted by Gasteiger charge is 2.32. The van der Waals surface area contributed by atoms with Crippen molar-refractivity contribution in [2.75, 3.05) is 19.7 Å². The Kier molecular flexibility index (Phi) is 7.43. The van der Waals surface area contributed by atoms with E-state index in [1.165, 1.54) is 11.1 Å². The van der Waals surface area contributed by atoms with Crippen LogP contribution in [0.25, 0.3) is 11.1 Å². The van der Waals surface area contributed by atoms with Crippen molar-refractivity contribution in [1.82, 2.24) is 10.6 Å². The van der Waals surface area contributed by atoms with Gasteiger partial charge in [-0.05, 0) is 40.0 Å². The smallest absolute Gasteiger partial charge is 0.407 e. The molecule has 0 radical (unpaired) electrons. The Balaban J connectivity index is 1.31. The number of fused-ring (bicyclic) bond motifs is 3. The summed E-state index contributed by atoms with van der Waals surface area (Å²) in [5.74, 6) is -0.939. The first-order valence-electron chi connectivity index (χ1n) is 12.3. The van der Waals surface area contributed by atoms with E-state index in [-0.39, 0.29) is 43.9 Å². The van der Waals surface area contributed by atoms with Gasteiger partial charge in [0.25, 0.3) is 0 Å². The normalized spacial score (nSPS) is 15.6. The number of carbonyl (C=O) groups excluding carboxylic acids is 2. The number of hydrogen-bond donors (Lipinski definition) is 3. The number of carbonyl (C=O) groups is 3. The number of amides is 2. The molecular formula is C28H34N2O5. The average Bonchev–Trinajstić information content (AvgIpc) is 3.59. The molecule has 7 heteroatoms. The topological polar surface area (TPSA) is 105 Å². The number of ether oxygens (including phenoxy) is 1. The lowest BCUT2D eigenvalue weighted by molar-refractivity contribution is -0.139. The van der Waals surface area contributed by atoms with Crippen molar-refractivity contribution in [2.24, 2.45) is 17.3 Å². The highest BCUT2D eigenvalue weighted by molar-refractivity contribution is 5.80. The highest BCUT2D eigenvalue weighted by atomic mass is 16.5. The van der Waals surface area contributed by atoms with E-state index < -0.39 is 17.5 Å². The number of hydrogen-bond acceptors (Lipinski definition) is 4. The van der Waals surface area contributed by atoms with Crippen LogP contribution in [0.3, 0.4) is 0 Å². The number of rotatable bonds is 11. The summed E-state index contributed by atoms with van der Waals surface area (Å²) in [6.45, 7) is 4.31. The lowest BCUT2D eigenvalue weighted by Crippen LogP contribution is -2.43. The summed E-state index contributed by atoms with van der Waals surface area (Å²) in [7, 11) is 0. The van der Waals surface area contributed by atoms with Crippen LogP contribution in [0.2, 0.25) is 0 Å². The maximum Gasteiger partial charge on any atom is 0.407 e. The second-order valence-corrected chi connectivity index (χ2v) is 10.5. The van der Waals surface area contributed by atoms with Gasteiger partial charge in [-0.15, -0.1) is 0 Å². The minimum atomic E-state index is -0.893. The Labute approximate surface area is 206 Å². The largest absolute Gasteiger partial charge is 0.481 e. The zero-order chi connectivity index (χ0) is 25.0. The number of carboxylic acids is 1. The monoisotopic (exact) mass is 478 g/mol. The highest BCUT2D eigenvalue weighted by Crippen LogP contribution is 2.44. The molecular weight excluding hydrogens is 444 g/mol. The van der Waals surface area contributed by atoms with Crippen LogP contribution in [0.5, 0.6) is 0 Å². The van der Waals surface area contributed by atoms with Crippen molar-refractivity contribution in [1.29, 1.82) is 0 Å². The van der Waals surface area contributed by atoms with Crippen LogP contribution in [0.1, 0.15) is 56.6 Å². The van der Waals surface area contributed by atoms with Crippen molar-refractivity contribution in [3.8, 4) is 11.1 Å². The zero-order valence-electron chi connectivity index (χ0n) is 20.4. The number of carboxylic acid groups (broad SMARTS) is 1. The molecule has 7 nitrogen and oxygen atoms in total. The molecule has 1 fully saturated rings. The van der Waals surface area contributed by atoms with Crippen molar-refractivity contribution in [2.45, 2.75) is 45.4 Å². The first-order valence-corrected chi connectivity index (χ1v) is 12.3. The van der Waals surface area contributed by atoms with E-state index in [0.717, 1.165) is 24.0 Å². The third kappa shape index (κ3) is 6.41. The summed E-state index contributed by atoms with van der Waals surface area (Å²) in [5, 5.41) is 14.7. The standard InChI is InChI=1S/C28H34N2O5/c1-28(2,14-25(31)32)17-30-26(33)19(13-18-11-12-18)15-29-27(34)35-16-24-22-9-5-3-7-20(22)21-8-4-6-10-23(21)24/h3-10,18-19,24H,11-17H2,1-2H3,(H,29,34)(H,30,33)(H,31,32). The molecule has 1 saturated carbocycles. The SMILES string of the molecule is CC(C)(CNC(=O)C(CNC(=O)OCC1c2ccccc2-c2ccccc21)CC1CC1)CC(=O)O. The molecule has 186 valence electrons. The number of aliphatic carboxylic acids is 1. The molecule has 2 aromatic carbocycles. The summed E-state index contributed by atoms with van der Waals surface area (Å²) < 4.78 is 5.60. The second kappa shape index (κ2) is 10.5. The zero-order valence-corrected chi connectivity index (χ0v) is 20.4. The fourth-order valence-corrected chi connectivity index (χ4v) is 4.84. The van der Waals surface area contributed by atoms with Gasteiger partial charge < -0.3 is 20.5 Å². The van der Waals surface area contributed by atoms with Gasteiger partial charge in [-0.2, -0.15) is 0 Å². The predicted molar refractivity (Wildman–Crippen MR) is 133 cm³/mol. The van der Waals surface area contributed by atoms with E-state index in [1.54, 1.807) is 0 Å². The third-order valence-corrected chi connectivity index (χ3v) is 6.89. The molecule has 1 atom stereocenters. The molecule has 0 aromatic heterocycles. The summed E-state index contributed by atoms with van der Waals surface area (Å²) >= 11 is 0. The maximum absolute atomic E-state index is 12.8. The second-order valence-electron chi connectivity index (χ2n) is 10.5. The van der Waals surface area contributed by atoms with Crippen LogP contribution in [0.4, 0.5) is 4.79 Å². The van der Waals surface area contributed by atoms with E-state index in [2.05, 4.69) is 34.9 Å². The molecule has 0 heterocycles. The number of benzene rings is 2. The van der Waals surface area contributed by atoms with Crippen molar-refractivity contribution in [3.63, 3.8) is 0 Å². The Morgan fingerprint density at radius 2 is 1.60 bits per heavy atom. The van der Waals surface area contributed by atoms with E-state index in [0.29, 0.717) is 12.3 Å². The van der Waals surface area contributed by atoms with Crippen LogP contribution in [0, 0.1) is 17.3 Å². The molecule has 2 aliphatic carbocycles. The minimum Gasteiger partial charge on any atom is -0.481 e. The summed E-state index contributed by atoms with van der Waals surface area (Å²) in [6, 6.07) is 16.3. The van der Waals surface area contributed by atoms with Crippen LogP contribution >= 0.6 is 0 Å². The molecule has 3 N–H and O–H groups in total. The van der Waals surface area contributed by atoms with Gasteiger partial charge in [0.2, 0.25) is 5.91 Å². The van der Waals surface area contributed by atoms with Gasteiger partial charge in [-0.25, -0.2) is 4.79 Å². The predicted octanol–water partition coefficient (Wildman–Crippen LogP) is 4.56. The fourth-order valence-electron chi connectivity index (χ4n) is 4.84. The number of nitrogens with one attached hydrogen (secondary N) is 2. The lowest BCUT2D eigenvalue weighted by Gasteiger charge is -2.25. The Bertz CT molecular complexity index is 1050. The molecule has 2 aliphatic rings. The quantitative estimate of drug-likeness (QED) is 0.439. The molecule has 4 rings (SSSR count). The first kappa shape index (κ1) is 24.8. The molecule has 0 spiro atoms. The molecule has 2 aromatic rings. The molecule has 0 aliphatic heterocycles. The Hall–Kier alpha value is -3.35. The molecule has 0 saturated heterocycles. The van der Waals surface area contributed by atoms with E-state index >= 15 is 0 Å². The van der Waals surface area contributed by atoms with Gasteiger partial charge in [0.15, 0.2) is 0 Å². The van der Waals surface area contributed by atoms with E-state index in [1.807, 2.05) is 38.1 Å². The van der Waals surface area contributed by atoms with Gasteiger partial charge in [0.05, 0.1) is 12.3 Å². The van der Waals surface area contributed by atoms with Crippen molar-refractivity contribution < 1.29 is 24.2 Å². The van der Waals surface area contributed by atoms with Gasteiger partial charge in [0.1, 0.15) is 6.61 Å². The summed E-state index contributed by atoms with van der Waals surface area (Å²) in [4.78, 5) is 36.4. The van der Waals surface area contributed by atoms with Crippen molar-refractivity contribution in [3.05, 3.63) is 59.7 Å². The fraction of sp³-hybridized carbons (Fsp3) is 0.464. The van der Waals surface area contributed by atoms with Gasteiger partial charge in [-0.1, -0.05) is 75.2 Å². The van der Waals surface area contributed by atoms with Gasteiger partial charge in [0, 0.05) is 19.0 Å². The van der Waals surface area contributed by atoms with E-state index in [4.69, 9.17) is 9.84 Å². The average molecular weight is 479 g/mol. The third-order valence-electron chi connectivity index (χ3n) is 6.89. The first-order chi connectivity index (χ1) is 16.7. The lowest BCUT2D eigenvalue weighted by atomic mass is 9.89. The minimum absolute atomic E-state index is 0.0184. The van der Waals surface area contributed by atoms with E-state index in [9.17, 15) is 14.4 Å². The Morgan fingerprint density at radius 3 is 2.17 bits per heavy atom. The van der Waals surface area contributed by atoms with Crippen LogP contribution in [0.15, 0.2) is 48.5 Å². The van der Waals surface area contributed by atoms with Crippen molar-refractivity contribution >= 4 is 18.0 Å². The molecule has 35 heavy (non-hydrogen) atoms. The summed E-state index contributed by atoms with van der Waals surface area (Å²) in [6.07, 6.45) is 2.33. The van der Waals surface area contributed by atoms with Crippen LogP contribution < -0.4 is 10.6 Å². The molecule has 2 amide bonds. The van der Waals surface area contributed by atoms with Crippen LogP contribution in [-0.2, 0) is 14.3 Å². The summed E-state index contributed by atoms with van der Waals surface area (Å²) in [5.41, 5.74) is 4.09. The van der Waals surface area contributed by atoms with Gasteiger partial charge in [-0.3, -0.25) is 9.59 Å². The van der Waals surface area contributed by atoms with Gasteiger partial charge >= 0.3 is 12.1 Å². The maximum atomic E-state index is 12.8. The van der Waals surface area contributed by atoms with Crippen LogP contribution in [-0.4, -0.2) is 42.8 Å².